The van der Waals surface area contributed by atoms with Crippen LogP contribution in [0, 0.1) is 12.8 Å². The molecule has 0 bridgehead atoms. The molecule has 1 aromatic heterocycles. The van der Waals surface area contributed by atoms with Gasteiger partial charge in [0.05, 0.1) is 24.4 Å². The highest BCUT2D eigenvalue weighted by Crippen LogP contribution is 2.19. The van der Waals surface area contributed by atoms with Crippen LogP contribution in [0.25, 0.3) is 0 Å². The maximum absolute atomic E-state index is 11.0. The predicted molar refractivity (Wildman–Crippen MR) is 90.9 cm³/mol. The zero-order valence-corrected chi connectivity index (χ0v) is 14.4. The number of aromatic nitrogens is 3. The van der Waals surface area contributed by atoms with Crippen LogP contribution >= 0.6 is 11.6 Å². The lowest BCUT2D eigenvalue weighted by atomic mass is 9.97. The molecule has 2 aromatic rings. The number of benzene rings is 1. The van der Waals surface area contributed by atoms with Crippen LogP contribution in [-0.4, -0.2) is 44.1 Å². The van der Waals surface area contributed by atoms with Crippen LogP contribution in [0.1, 0.15) is 29.7 Å². The number of piperidine rings is 1. The predicted octanol–water partition coefficient (Wildman–Crippen LogP) is 2.58. The summed E-state index contributed by atoms with van der Waals surface area (Å²) in [6.45, 7) is 4.99. The van der Waals surface area contributed by atoms with Gasteiger partial charge in [0, 0.05) is 11.6 Å². The van der Waals surface area contributed by atoms with E-state index in [1.54, 1.807) is 0 Å². The fourth-order valence-corrected chi connectivity index (χ4v) is 3.29. The number of rotatable bonds is 5. The number of aliphatic carboxylic acids is 1. The number of hydrogen-bond acceptors (Lipinski definition) is 4. The molecule has 0 atom stereocenters. The molecule has 6 nitrogen and oxygen atoms in total. The first-order chi connectivity index (χ1) is 11.5. The van der Waals surface area contributed by atoms with E-state index >= 15 is 0 Å². The average Bonchev–Trinajstić information content (AvgIpc) is 2.98. The van der Waals surface area contributed by atoms with Crippen molar-refractivity contribution in [2.45, 2.75) is 32.9 Å². The van der Waals surface area contributed by atoms with Gasteiger partial charge in [0.2, 0.25) is 0 Å². The lowest BCUT2D eigenvalue weighted by molar-refractivity contribution is -0.143. The third kappa shape index (κ3) is 4.13. The maximum Gasteiger partial charge on any atom is 0.306 e. The van der Waals surface area contributed by atoms with Crippen LogP contribution in [0.15, 0.2) is 24.4 Å². The number of hydrogen-bond donors (Lipinski definition) is 1. The van der Waals surface area contributed by atoms with Crippen molar-refractivity contribution >= 4 is 17.6 Å². The second-order valence-corrected chi connectivity index (χ2v) is 6.80. The van der Waals surface area contributed by atoms with Gasteiger partial charge in [-0.05, 0) is 56.1 Å². The third-order valence-electron chi connectivity index (χ3n) is 4.55. The molecule has 2 heterocycles. The highest BCUT2D eigenvalue weighted by Gasteiger charge is 2.24. The summed E-state index contributed by atoms with van der Waals surface area (Å²) in [4.78, 5) is 13.2. The van der Waals surface area contributed by atoms with Gasteiger partial charge in [-0.25, -0.2) is 4.68 Å². The third-order valence-corrected chi connectivity index (χ3v) is 4.78. The normalized spacial score (nSPS) is 16.4. The Morgan fingerprint density at radius 2 is 2.08 bits per heavy atom. The minimum Gasteiger partial charge on any atom is -0.481 e. The lowest BCUT2D eigenvalue weighted by Crippen LogP contribution is -2.35. The fourth-order valence-electron chi connectivity index (χ4n) is 3.07. The summed E-state index contributed by atoms with van der Waals surface area (Å²) in [5, 5.41) is 18.2. The highest BCUT2D eigenvalue weighted by molar-refractivity contribution is 6.30. The van der Waals surface area contributed by atoms with E-state index in [0.717, 1.165) is 34.9 Å². The largest absolute Gasteiger partial charge is 0.481 e. The molecular weight excluding hydrogens is 328 g/mol. The number of nitrogens with zero attached hydrogens (tertiary/aromatic N) is 4. The Bertz CT molecular complexity index is 723. The number of aryl methyl sites for hydroxylation is 1. The van der Waals surface area contributed by atoms with Crippen LogP contribution in [0.2, 0.25) is 5.02 Å². The molecule has 0 aliphatic carbocycles. The van der Waals surface area contributed by atoms with E-state index in [4.69, 9.17) is 16.7 Å². The van der Waals surface area contributed by atoms with E-state index in [2.05, 4.69) is 15.2 Å². The van der Waals surface area contributed by atoms with E-state index in [0.29, 0.717) is 25.9 Å². The van der Waals surface area contributed by atoms with Gasteiger partial charge < -0.3 is 5.11 Å². The number of carboxylic acid groups (broad SMARTS) is 1. The zero-order valence-electron chi connectivity index (χ0n) is 13.7. The van der Waals surface area contributed by atoms with Crippen LogP contribution < -0.4 is 0 Å². The molecule has 1 saturated heterocycles. The Hall–Kier alpha value is -1.92. The Morgan fingerprint density at radius 3 is 2.75 bits per heavy atom. The molecule has 128 valence electrons. The smallest absolute Gasteiger partial charge is 0.306 e. The number of carboxylic acids is 1. The van der Waals surface area contributed by atoms with Gasteiger partial charge in [-0.3, -0.25) is 9.69 Å². The van der Waals surface area contributed by atoms with Crippen LogP contribution in [-0.2, 0) is 17.9 Å². The number of halogens is 1. The van der Waals surface area contributed by atoms with Crippen molar-refractivity contribution in [1.82, 2.24) is 19.9 Å². The van der Waals surface area contributed by atoms with E-state index in [9.17, 15) is 4.79 Å². The monoisotopic (exact) mass is 348 g/mol. The van der Waals surface area contributed by atoms with E-state index in [1.165, 1.54) is 0 Å². The van der Waals surface area contributed by atoms with E-state index in [1.807, 2.05) is 36.0 Å². The van der Waals surface area contributed by atoms with Gasteiger partial charge in [-0.2, -0.15) is 0 Å². The first-order valence-electron chi connectivity index (χ1n) is 8.10. The van der Waals surface area contributed by atoms with E-state index in [-0.39, 0.29) is 5.92 Å². The molecule has 1 N–H and O–H groups in total. The quantitative estimate of drug-likeness (QED) is 0.899. The summed E-state index contributed by atoms with van der Waals surface area (Å²) in [6, 6.07) is 5.84. The van der Waals surface area contributed by atoms with Crippen LogP contribution in [0.5, 0.6) is 0 Å². The van der Waals surface area contributed by atoms with Crippen molar-refractivity contribution in [3.63, 3.8) is 0 Å². The van der Waals surface area contributed by atoms with Crippen molar-refractivity contribution in [2.75, 3.05) is 13.1 Å². The lowest BCUT2D eigenvalue weighted by Gasteiger charge is -2.29. The Labute approximate surface area is 146 Å². The molecule has 0 radical (unpaired) electrons. The second-order valence-electron chi connectivity index (χ2n) is 6.37. The summed E-state index contributed by atoms with van der Waals surface area (Å²) in [6.07, 6.45) is 3.36. The molecule has 0 unspecified atom stereocenters. The first kappa shape index (κ1) is 16.9. The van der Waals surface area contributed by atoms with Gasteiger partial charge >= 0.3 is 5.97 Å². The minimum absolute atomic E-state index is 0.204. The number of likely N-dealkylation sites (tertiary alicyclic amines) is 1. The average molecular weight is 349 g/mol. The minimum atomic E-state index is -0.682. The summed E-state index contributed by atoms with van der Waals surface area (Å²) in [5.41, 5.74) is 3.21. The zero-order chi connectivity index (χ0) is 17.1. The molecule has 0 saturated carbocycles. The molecule has 3 rings (SSSR count). The van der Waals surface area contributed by atoms with Crippen molar-refractivity contribution in [3.05, 3.63) is 46.2 Å². The van der Waals surface area contributed by atoms with Gasteiger partial charge in [0.25, 0.3) is 0 Å². The Morgan fingerprint density at radius 1 is 1.33 bits per heavy atom. The molecule has 7 heteroatoms. The summed E-state index contributed by atoms with van der Waals surface area (Å²) >= 11 is 5.99. The van der Waals surface area contributed by atoms with Gasteiger partial charge in [0.1, 0.15) is 0 Å². The van der Waals surface area contributed by atoms with Crippen molar-refractivity contribution in [3.8, 4) is 0 Å². The molecule has 0 spiro atoms. The van der Waals surface area contributed by atoms with Crippen LogP contribution in [0.4, 0.5) is 0 Å². The molecule has 24 heavy (non-hydrogen) atoms. The first-order valence-corrected chi connectivity index (χ1v) is 8.48. The van der Waals surface area contributed by atoms with E-state index < -0.39 is 5.97 Å². The van der Waals surface area contributed by atoms with Crippen molar-refractivity contribution in [1.29, 1.82) is 0 Å². The Balaban J connectivity index is 1.57. The fraction of sp³-hybridized carbons (Fsp3) is 0.471. The molecule has 1 aliphatic heterocycles. The molecule has 1 fully saturated rings. The van der Waals surface area contributed by atoms with Crippen molar-refractivity contribution < 1.29 is 9.90 Å². The van der Waals surface area contributed by atoms with Gasteiger partial charge in [-0.1, -0.05) is 22.9 Å². The van der Waals surface area contributed by atoms with Crippen LogP contribution in [0.3, 0.4) is 0 Å². The molecule has 1 aromatic carbocycles. The second kappa shape index (κ2) is 7.32. The maximum atomic E-state index is 11.0. The van der Waals surface area contributed by atoms with Gasteiger partial charge in [0.15, 0.2) is 0 Å². The molecule has 0 amide bonds. The summed E-state index contributed by atoms with van der Waals surface area (Å²) in [7, 11) is 0. The SMILES string of the molecule is Cc1cc(Cl)ccc1Cn1cc(CN2CCC(C(=O)O)CC2)nn1. The standard InChI is InChI=1S/C17H21ClN4O2/c1-12-8-15(18)3-2-14(12)9-22-11-16(19-20-22)10-21-6-4-13(5-7-21)17(23)24/h2-3,8,11,13H,4-7,9-10H2,1H3,(H,23,24). The Kier molecular flexibility index (Phi) is 5.16. The van der Waals surface area contributed by atoms with Gasteiger partial charge in [-0.15, -0.1) is 5.10 Å². The molecule has 1 aliphatic rings. The summed E-state index contributed by atoms with van der Waals surface area (Å²) in [5.74, 6) is -0.885. The highest BCUT2D eigenvalue weighted by atomic mass is 35.5. The summed E-state index contributed by atoms with van der Waals surface area (Å²) < 4.78 is 1.83. The van der Waals surface area contributed by atoms with Crippen molar-refractivity contribution in [2.24, 2.45) is 5.92 Å². The topological polar surface area (TPSA) is 71.2 Å². The molecular formula is C17H21ClN4O2. The number of carbonyl (C=O) groups is 1.